The zero-order chi connectivity index (χ0) is 13.8. The van der Waals surface area contributed by atoms with Gasteiger partial charge in [0, 0.05) is 17.8 Å². The third-order valence-corrected chi connectivity index (χ3v) is 4.96. The van der Waals surface area contributed by atoms with Crippen molar-refractivity contribution in [1.82, 2.24) is 9.97 Å². The Morgan fingerprint density at radius 3 is 2.55 bits per heavy atom. The maximum Gasteiger partial charge on any atom is 0.133 e. The molecule has 1 fully saturated rings. The second kappa shape index (κ2) is 6.08. The van der Waals surface area contributed by atoms with Crippen molar-refractivity contribution in [2.75, 3.05) is 11.9 Å². The van der Waals surface area contributed by atoms with E-state index < -0.39 is 0 Å². The van der Waals surface area contributed by atoms with Crippen LogP contribution < -0.4 is 11.1 Å². The first-order chi connectivity index (χ1) is 9.83. The molecule has 110 valence electrons. The molecule has 3 N–H and O–H groups in total. The molecule has 1 heterocycles. The topological polar surface area (TPSA) is 63.8 Å². The molecule has 4 heteroatoms. The van der Waals surface area contributed by atoms with Crippen molar-refractivity contribution >= 4 is 5.82 Å². The molecular weight excluding hydrogens is 248 g/mol. The van der Waals surface area contributed by atoms with E-state index in [1.807, 2.05) is 0 Å². The van der Waals surface area contributed by atoms with Gasteiger partial charge in [0.2, 0.25) is 0 Å². The fourth-order valence-electron chi connectivity index (χ4n) is 3.67. The molecule has 1 aromatic rings. The van der Waals surface area contributed by atoms with E-state index in [9.17, 15) is 0 Å². The zero-order valence-corrected chi connectivity index (χ0v) is 12.3. The van der Waals surface area contributed by atoms with E-state index in [2.05, 4.69) is 15.3 Å². The average molecular weight is 274 g/mol. The molecule has 0 unspecified atom stereocenters. The Morgan fingerprint density at radius 2 is 1.75 bits per heavy atom. The Hall–Kier alpha value is -1.16. The highest BCUT2D eigenvalue weighted by Crippen LogP contribution is 2.33. The highest BCUT2D eigenvalue weighted by atomic mass is 15.1. The predicted molar refractivity (Wildman–Crippen MR) is 81.8 cm³/mol. The molecule has 0 radical (unpaired) electrons. The lowest BCUT2D eigenvalue weighted by atomic mass is 9.81. The van der Waals surface area contributed by atoms with Crippen LogP contribution in [0.25, 0.3) is 0 Å². The molecule has 0 aromatic carbocycles. The minimum absolute atomic E-state index is 0.0622. The van der Waals surface area contributed by atoms with Gasteiger partial charge < -0.3 is 11.1 Å². The molecule has 2 aliphatic carbocycles. The highest BCUT2D eigenvalue weighted by molar-refractivity contribution is 5.49. The fourth-order valence-corrected chi connectivity index (χ4v) is 3.67. The van der Waals surface area contributed by atoms with Crippen LogP contribution in [0.5, 0.6) is 0 Å². The third-order valence-electron chi connectivity index (χ3n) is 4.96. The number of hydrogen-bond donors (Lipinski definition) is 2. The number of nitrogens with one attached hydrogen (secondary N) is 1. The molecule has 0 aliphatic heterocycles. The second-order valence-electron chi connectivity index (χ2n) is 6.38. The number of fused-ring (bicyclic) bond motifs is 1. The van der Waals surface area contributed by atoms with Crippen molar-refractivity contribution in [3.05, 3.63) is 17.6 Å². The van der Waals surface area contributed by atoms with Crippen LogP contribution in [0.15, 0.2) is 6.33 Å². The summed E-state index contributed by atoms with van der Waals surface area (Å²) in [7, 11) is 0. The second-order valence-corrected chi connectivity index (χ2v) is 6.38. The van der Waals surface area contributed by atoms with Crippen molar-refractivity contribution in [2.45, 2.75) is 69.7 Å². The van der Waals surface area contributed by atoms with E-state index >= 15 is 0 Å². The SMILES string of the molecule is NCC1(Nc2ncnc3c2CCCCC3)CCCCC1. The number of hydrogen-bond acceptors (Lipinski definition) is 4. The van der Waals surface area contributed by atoms with Gasteiger partial charge in [-0.1, -0.05) is 25.7 Å². The fraction of sp³-hybridized carbons (Fsp3) is 0.750. The maximum atomic E-state index is 6.09. The van der Waals surface area contributed by atoms with E-state index in [4.69, 9.17) is 5.73 Å². The van der Waals surface area contributed by atoms with E-state index in [0.29, 0.717) is 6.54 Å². The van der Waals surface area contributed by atoms with Gasteiger partial charge in [-0.05, 0) is 38.5 Å². The van der Waals surface area contributed by atoms with Gasteiger partial charge in [-0.25, -0.2) is 9.97 Å². The Kier molecular flexibility index (Phi) is 4.20. The Labute approximate surface area is 121 Å². The van der Waals surface area contributed by atoms with E-state index in [1.54, 1.807) is 6.33 Å². The lowest BCUT2D eigenvalue weighted by Crippen LogP contribution is -2.47. The Morgan fingerprint density at radius 1 is 1.00 bits per heavy atom. The quantitative estimate of drug-likeness (QED) is 0.832. The molecule has 0 spiro atoms. The zero-order valence-electron chi connectivity index (χ0n) is 12.3. The van der Waals surface area contributed by atoms with E-state index in [-0.39, 0.29) is 5.54 Å². The first-order valence-corrected chi connectivity index (χ1v) is 8.14. The molecule has 2 aliphatic rings. The van der Waals surface area contributed by atoms with Gasteiger partial charge in [-0.3, -0.25) is 0 Å². The molecule has 4 nitrogen and oxygen atoms in total. The molecule has 0 bridgehead atoms. The van der Waals surface area contributed by atoms with Crippen LogP contribution in [0.2, 0.25) is 0 Å². The van der Waals surface area contributed by atoms with Crippen LogP contribution in [0.3, 0.4) is 0 Å². The van der Waals surface area contributed by atoms with E-state index in [1.165, 1.54) is 62.6 Å². The molecule has 20 heavy (non-hydrogen) atoms. The monoisotopic (exact) mass is 274 g/mol. The number of aromatic nitrogens is 2. The van der Waals surface area contributed by atoms with Gasteiger partial charge in [0.25, 0.3) is 0 Å². The first-order valence-electron chi connectivity index (χ1n) is 8.14. The molecule has 1 saturated carbocycles. The summed E-state index contributed by atoms with van der Waals surface area (Å²) in [6.45, 7) is 0.700. The standard InChI is InChI=1S/C16H26N4/c17-11-16(9-5-2-6-10-16)20-15-13-7-3-1-4-8-14(13)18-12-19-15/h12H,1-11,17H2,(H,18,19,20). The van der Waals surface area contributed by atoms with Crippen LogP contribution in [-0.4, -0.2) is 22.1 Å². The summed E-state index contributed by atoms with van der Waals surface area (Å²) < 4.78 is 0. The molecule has 0 saturated heterocycles. The maximum absolute atomic E-state index is 6.09. The summed E-state index contributed by atoms with van der Waals surface area (Å²) in [6.07, 6.45) is 14.0. The van der Waals surface area contributed by atoms with Gasteiger partial charge in [0.05, 0.1) is 5.54 Å². The van der Waals surface area contributed by atoms with Gasteiger partial charge in [-0.15, -0.1) is 0 Å². The van der Waals surface area contributed by atoms with Crippen LogP contribution in [-0.2, 0) is 12.8 Å². The van der Waals surface area contributed by atoms with E-state index in [0.717, 1.165) is 18.7 Å². The van der Waals surface area contributed by atoms with Gasteiger partial charge >= 0.3 is 0 Å². The first kappa shape index (κ1) is 13.8. The van der Waals surface area contributed by atoms with Crippen molar-refractivity contribution in [1.29, 1.82) is 0 Å². The highest BCUT2D eigenvalue weighted by Gasteiger charge is 2.31. The number of aryl methyl sites for hydroxylation is 1. The van der Waals surface area contributed by atoms with Gasteiger partial charge in [-0.2, -0.15) is 0 Å². The lowest BCUT2D eigenvalue weighted by Gasteiger charge is -2.38. The minimum Gasteiger partial charge on any atom is -0.363 e. The van der Waals surface area contributed by atoms with Crippen molar-refractivity contribution in [2.24, 2.45) is 5.73 Å². The summed E-state index contributed by atoms with van der Waals surface area (Å²) in [4.78, 5) is 9.04. The molecule has 3 rings (SSSR count). The van der Waals surface area contributed by atoms with Gasteiger partial charge in [0.1, 0.15) is 12.1 Å². The molecule has 0 amide bonds. The summed E-state index contributed by atoms with van der Waals surface area (Å²) in [5.41, 5.74) is 8.75. The lowest BCUT2D eigenvalue weighted by molar-refractivity contribution is 0.330. The smallest absolute Gasteiger partial charge is 0.133 e. The minimum atomic E-state index is 0.0622. The van der Waals surface area contributed by atoms with Crippen molar-refractivity contribution in [3.8, 4) is 0 Å². The summed E-state index contributed by atoms with van der Waals surface area (Å²) >= 11 is 0. The van der Waals surface area contributed by atoms with Crippen molar-refractivity contribution < 1.29 is 0 Å². The summed E-state index contributed by atoms with van der Waals surface area (Å²) in [5.74, 6) is 1.06. The molecular formula is C16H26N4. The normalized spacial score (nSPS) is 21.9. The summed E-state index contributed by atoms with van der Waals surface area (Å²) in [5, 5.41) is 3.72. The number of nitrogens with zero attached hydrogens (tertiary/aromatic N) is 2. The third kappa shape index (κ3) is 2.80. The van der Waals surface area contributed by atoms with Crippen LogP contribution >= 0.6 is 0 Å². The summed E-state index contributed by atoms with van der Waals surface area (Å²) in [6, 6.07) is 0. The Balaban J connectivity index is 1.86. The van der Waals surface area contributed by atoms with Crippen LogP contribution in [0.4, 0.5) is 5.82 Å². The largest absolute Gasteiger partial charge is 0.363 e. The molecule has 0 atom stereocenters. The number of anilines is 1. The average Bonchev–Trinajstić information content (AvgIpc) is 2.74. The van der Waals surface area contributed by atoms with Crippen LogP contribution in [0, 0.1) is 0 Å². The van der Waals surface area contributed by atoms with Gasteiger partial charge in [0.15, 0.2) is 0 Å². The van der Waals surface area contributed by atoms with Crippen molar-refractivity contribution in [3.63, 3.8) is 0 Å². The predicted octanol–water partition coefficient (Wildman–Crippen LogP) is 2.82. The molecule has 1 aromatic heterocycles. The Bertz CT molecular complexity index is 452. The van der Waals surface area contributed by atoms with Crippen LogP contribution in [0.1, 0.15) is 62.6 Å². The number of nitrogens with two attached hydrogens (primary N) is 1. The number of rotatable bonds is 3.